The number of amides is 1. The fraction of sp³-hybridized carbons (Fsp3) is 0.867. The smallest absolute Gasteiger partial charge is 0.325 e. The van der Waals surface area contributed by atoms with Crippen molar-refractivity contribution in [3.8, 4) is 0 Å². The van der Waals surface area contributed by atoms with Crippen LogP contribution in [-0.2, 0) is 19.1 Å². The molecule has 21 heavy (non-hydrogen) atoms. The molecular weight excluding hydrogens is 272 g/mol. The Kier molecular flexibility index (Phi) is 8.30. The lowest BCUT2D eigenvalue weighted by Crippen LogP contribution is -2.47. The molecule has 122 valence electrons. The van der Waals surface area contributed by atoms with Gasteiger partial charge in [0.05, 0.1) is 19.1 Å². The van der Waals surface area contributed by atoms with E-state index in [2.05, 4.69) is 0 Å². The Morgan fingerprint density at radius 3 is 2.62 bits per heavy atom. The molecule has 0 radical (unpaired) electrons. The van der Waals surface area contributed by atoms with Crippen molar-refractivity contribution in [2.45, 2.75) is 45.1 Å². The van der Waals surface area contributed by atoms with Crippen LogP contribution in [0.5, 0.6) is 0 Å². The number of methoxy groups -OCH3 is 1. The van der Waals surface area contributed by atoms with Gasteiger partial charge in [-0.25, -0.2) is 0 Å². The standard InChI is InChI=1S/C15H28N2O4/c1-3-21-14(18)11-17(9-10-20-2)15(19)12-7-5-4-6-8-13(12)16/h12-13H,3-11,16H2,1-2H3. The highest BCUT2D eigenvalue weighted by atomic mass is 16.5. The molecule has 1 saturated carbocycles. The van der Waals surface area contributed by atoms with Gasteiger partial charge in [-0.05, 0) is 19.8 Å². The summed E-state index contributed by atoms with van der Waals surface area (Å²) in [5, 5.41) is 0. The second-order valence-corrected chi connectivity index (χ2v) is 5.47. The Morgan fingerprint density at radius 2 is 1.95 bits per heavy atom. The number of carbonyl (C=O) groups is 2. The third-order valence-corrected chi connectivity index (χ3v) is 3.89. The lowest BCUT2D eigenvalue weighted by molar-refractivity contribution is -0.151. The first-order chi connectivity index (χ1) is 10.1. The molecule has 0 aliphatic heterocycles. The van der Waals surface area contributed by atoms with Crippen molar-refractivity contribution < 1.29 is 19.1 Å². The molecule has 2 atom stereocenters. The Morgan fingerprint density at radius 1 is 1.24 bits per heavy atom. The zero-order valence-corrected chi connectivity index (χ0v) is 13.2. The molecule has 6 nitrogen and oxygen atoms in total. The van der Waals surface area contributed by atoms with Crippen molar-refractivity contribution in [3.05, 3.63) is 0 Å². The van der Waals surface area contributed by atoms with Gasteiger partial charge in [-0.1, -0.05) is 19.3 Å². The number of nitrogens with two attached hydrogens (primary N) is 1. The average molecular weight is 300 g/mol. The number of carbonyl (C=O) groups excluding carboxylic acids is 2. The van der Waals surface area contributed by atoms with Crippen LogP contribution in [0.15, 0.2) is 0 Å². The molecule has 1 amide bonds. The maximum Gasteiger partial charge on any atom is 0.325 e. The minimum absolute atomic E-state index is 0.0285. The summed E-state index contributed by atoms with van der Waals surface area (Å²) in [6, 6.07) is -0.118. The van der Waals surface area contributed by atoms with Crippen LogP contribution >= 0.6 is 0 Å². The number of esters is 1. The molecule has 1 rings (SSSR count). The highest BCUT2D eigenvalue weighted by Crippen LogP contribution is 2.24. The maximum absolute atomic E-state index is 12.7. The van der Waals surface area contributed by atoms with E-state index in [-0.39, 0.29) is 30.4 Å². The Labute approximate surface area is 126 Å². The fourth-order valence-electron chi connectivity index (χ4n) is 2.71. The van der Waals surface area contributed by atoms with Gasteiger partial charge in [-0.2, -0.15) is 0 Å². The number of hydrogen-bond donors (Lipinski definition) is 1. The molecular formula is C15H28N2O4. The normalized spacial score (nSPS) is 22.4. The van der Waals surface area contributed by atoms with E-state index >= 15 is 0 Å². The van der Waals surface area contributed by atoms with E-state index in [9.17, 15) is 9.59 Å². The predicted octanol–water partition coefficient (Wildman–Crippen LogP) is 0.932. The molecule has 2 N–H and O–H groups in total. The van der Waals surface area contributed by atoms with E-state index in [1.807, 2.05) is 0 Å². The van der Waals surface area contributed by atoms with Crippen molar-refractivity contribution >= 4 is 11.9 Å². The van der Waals surface area contributed by atoms with E-state index in [4.69, 9.17) is 15.2 Å². The SMILES string of the molecule is CCOC(=O)CN(CCOC)C(=O)C1CCCCCC1N. The minimum atomic E-state index is -0.385. The molecule has 1 aliphatic rings. The first kappa shape index (κ1) is 17.9. The second-order valence-electron chi connectivity index (χ2n) is 5.47. The highest BCUT2D eigenvalue weighted by molar-refractivity contribution is 5.84. The summed E-state index contributed by atoms with van der Waals surface area (Å²) in [6.45, 7) is 2.82. The molecule has 1 aliphatic carbocycles. The van der Waals surface area contributed by atoms with Crippen molar-refractivity contribution in [3.63, 3.8) is 0 Å². The molecule has 0 bridgehead atoms. The van der Waals surface area contributed by atoms with Gasteiger partial charge in [-0.15, -0.1) is 0 Å². The summed E-state index contributed by atoms with van der Waals surface area (Å²) in [7, 11) is 1.57. The molecule has 0 saturated heterocycles. The van der Waals surface area contributed by atoms with Crippen molar-refractivity contribution in [2.75, 3.05) is 33.4 Å². The zero-order valence-electron chi connectivity index (χ0n) is 13.2. The topological polar surface area (TPSA) is 81.9 Å². The van der Waals surface area contributed by atoms with Gasteiger partial charge in [0.25, 0.3) is 0 Å². The number of nitrogens with zero attached hydrogens (tertiary/aromatic N) is 1. The lowest BCUT2D eigenvalue weighted by atomic mass is 9.94. The van der Waals surface area contributed by atoms with Gasteiger partial charge in [0.1, 0.15) is 6.54 Å². The van der Waals surface area contributed by atoms with Gasteiger partial charge in [-0.3, -0.25) is 9.59 Å². The summed E-state index contributed by atoms with van der Waals surface area (Å²) in [4.78, 5) is 25.9. The van der Waals surface area contributed by atoms with Crippen LogP contribution in [0.1, 0.15) is 39.0 Å². The van der Waals surface area contributed by atoms with Gasteiger partial charge in [0.2, 0.25) is 5.91 Å². The summed E-state index contributed by atoms with van der Waals surface area (Å²) < 4.78 is 9.96. The molecule has 1 fully saturated rings. The third kappa shape index (κ3) is 6.01. The molecule has 0 aromatic rings. The van der Waals surface area contributed by atoms with Crippen LogP contribution in [0.2, 0.25) is 0 Å². The van der Waals surface area contributed by atoms with Crippen LogP contribution in [0, 0.1) is 5.92 Å². The Bertz CT molecular complexity index is 336. The molecule has 0 spiro atoms. The minimum Gasteiger partial charge on any atom is -0.465 e. The van der Waals surface area contributed by atoms with Crippen LogP contribution in [0.3, 0.4) is 0 Å². The summed E-state index contributed by atoms with van der Waals surface area (Å²) in [6.07, 6.45) is 4.87. The predicted molar refractivity (Wildman–Crippen MR) is 79.6 cm³/mol. The van der Waals surface area contributed by atoms with E-state index < -0.39 is 0 Å². The molecule has 0 heterocycles. The van der Waals surface area contributed by atoms with E-state index in [0.29, 0.717) is 19.8 Å². The van der Waals surface area contributed by atoms with Gasteiger partial charge in [0, 0.05) is 19.7 Å². The monoisotopic (exact) mass is 300 g/mol. The highest BCUT2D eigenvalue weighted by Gasteiger charge is 2.31. The number of ether oxygens (including phenoxy) is 2. The summed E-state index contributed by atoms with van der Waals surface area (Å²) >= 11 is 0. The van der Waals surface area contributed by atoms with Crippen LogP contribution in [0.4, 0.5) is 0 Å². The Hall–Kier alpha value is -1.14. The lowest BCUT2D eigenvalue weighted by Gasteiger charge is -2.28. The van der Waals surface area contributed by atoms with E-state index in [1.54, 1.807) is 14.0 Å². The van der Waals surface area contributed by atoms with Crippen LogP contribution < -0.4 is 5.73 Å². The van der Waals surface area contributed by atoms with Crippen LogP contribution in [0.25, 0.3) is 0 Å². The van der Waals surface area contributed by atoms with E-state index in [1.165, 1.54) is 4.90 Å². The molecule has 6 heteroatoms. The largest absolute Gasteiger partial charge is 0.465 e. The van der Waals surface area contributed by atoms with Gasteiger partial charge < -0.3 is 20.1 Å². The first-order valence-corrected chi connectivity index (χ1v) is 7.79. The van der Waals surface area contributed by atoms with Crippen molar-refractivity contribution in [2.24, 2.45) is 11.7 Å². The van der Waals surface area contributed by atoms with Crippen LogP contribution in [-0.4, -0.2) is 56.2 Å². The van der Waals surface area contributed by atoms with E-state index in [0.717, 1.165) is 32.1 Å². The fourth-order valence-corrected chi connectivity index (χ4v) is 2.71. The zero-order chi connectivity index (χ0) is 15.7. The second kappa shape index (κ2) is 9.73. The maximum atomic E-state index is 12.7. The third-order valence-electron chi connectivity index (χ3n) is 3.89. The van der Waals surface area contributed by atoms with Crippen molar-refractivity contribution in [1.82, 2.24) is 4.90 Å². The molecule has 0 aromatic carbocycles. The summed E-state index contributed by atoms with van der Waals surface area (Å²) in [5.74, 6) is -0.627. The quantitative estimate of drug-likeness (QED) is 0.559. The molecule has 2 unspecified atom stereocenters. The molecule has 0 aromatic heterocycles. The first-order valence-electron chi connectivity index (χ1n) is 7.79. The number of hydrogen-bond acceptors (Lipinski definition) is 5. The average Bonchev–Trinajstić information content (AvgIpc) is 2.67. The Balaban J connectivity index is 2.69. The summed E-state index contributed by atoms with van der Waals surface area (Å²) in [5.41, 5.74) is 6.14. The number of rotatable bonds is 7. The van der Waals surface area contributed by atoms with Crippen molar-refractivity contribution in [1.29, 1.82) is 0 Å². The van der Waals surface area contributed by atoms with Gasteiger partial charge >= 0.3 is 5.97 Å². The van der Waals surface area contributed by atoms with Gasteiger partial charge in [0.15, 0.2) is 0 Å².